The van der Waals surface area contributed by atoms with Crippen LogP contribution < -0.4 is 0 Å². The summed E-state index contributed by atoms with van der Waals surface area (Å²) in [5.74, 6) is 1.67. The normalized spacial score (nSPS) is 10.7. The summed E-state index contributed by atoms with van der Waals surface area (Å²) in [6, 6.07) is 40.5. The van der Waals surface area contributed by atoms with Crippen LogP contribution in [-0.2, 0) is 35.8 Å². The monoisotopic (exact) mass is 536 g/mol. The van der Waals surface area contributed by atoms with Crippen LogP contribution in [0, 0.1) is 0 Å². The zero-order valence-corrected chi connectivity index (χ0v) is 23.1. The average molecular weight is 537 g/mol. The van der Waals surface area contributed by atoms with Gasteiger partial charge in [-0.15, -0.1) is 0 Å². The highest BCUT2D eigenvalue weighted by molar-refractivity contribution is 7.99. The van der Waals surface area contributed by atoms with E-state index in [1.54, 1.807) is 11.8 Å². The summed E-state index contributed by atoms with van der Waals surface area (Å²) < 4.78 is 0. The van der Waals surface area contributed by atoms with Gasteiger partial charge in [0.05, 0.1) is 0 Å². The van der Waals surface area contributed by atoms with Crippen LogP contribution in [0.25, 0.3) is 0 Å². The Morgan fingerprint density at radius 2 is 0.692 bits per heavy atom. The third-order valence-corrected chi connectivity index (χ3v) is 7.48. The number of thioether (sulfide) groups is 1. The first-order valence-electron chi connectivity index (χ1n) is 13.5. The van der Waals surface area contributed by atoms with E-state index >= 15 is 0 Å². The molecule has 0 unspecified atom stereocenters. The largest absolute Gasteiger partial charge is 0.334 e. The van der Waals surface area contributed by atoms with E-state index in [1.807, 2.05) is 82.6 Å². The number of benzene rings is 4. The van der Waals surface area contributed by atoms with Gasteiger partial charge in [-0.2, -0.15) is 11.8 Å². The second-order valence-corrected chi connectivity index (χ2v) is 10.8. The van der Waals surface area contributed by atoms with Gasteiger partial charge in [0.2, 0.25) is 11.8 Å². The minimum absolute atomic E-state index is 0.135. The van der Waals surface area contributed by atoms with Crippen molar-refractivity contribution in [1.29, 1.82) is 0 Å². The van der Waals surface area contributed by atoms with Gasteiger partial charge in [-0.05, 0) is 22.3 Å². The molecule has 0 aromatic heterocycles. The summed E-state index contributed by atoms with van der Waals surface area (Å²) in [5.41, 5.74) is 4.49. The predicted octanol–water partition coefficient (Wildman–Crippen LogP) is 6.96. The summed E-state index contributed by atoms with van der Waals surface area (Å²) in [6.45, 7) is 2.36. The second-order valence-electron chi connectivity index (χ2n) is 9.55. The molecule has 4 nitrogen and oxygen atoms in total. The lowest BCUT2D eigenvalue weighted by molar-refractivity contribution is -0.132. The molecule has 200 valence electrons. The molecular weight excluding hydrogens is 500 g/mol. The molecule has 0 N–H and O–H groups in total. The molecule has 4 aromatic rings. The maximum Gasteiger partial charge on any atom is 0.223 e. The Morgan fingerprint density at radius 1 is 0.436 bits per heavy atom. The van der Waals surface area contributed by atoms with Crippen LogP contribution in [0.1, 0.15) is 35.1 Å². The van der Waals surface area contributed by atoms with E-state index in [9.17, 15) is 9.59 Å². The Balaban J connectivity index is 1.27. The lowest BCUT2D eigenvalue weighted by atomic mass is 10.1. The maximum atomic E-state index is 13.2. The Labute approximate surface area is 236 Å². The highest BCUT2D eigenvalue weighted by atomic mass is 32.2. The minimum atomic E-state index is 0.135. The molecule has 0 bridgehead atoms. The number of hydrogen-bond donors (Lipinski definition) is 0. The van der Waals surface area contributed by atoms with Crippen LogP contribution in [0.2, 0.25) is 0 Å². The SMILES string of the molecule is O=C(CCSCCC(=O)N(Cc1ccccc1)Cc1ccccc1)N(Cc1ccccc1)Cc1ccccc1. The number of hydrogen-bond acceptors (Lipinski definition) is 3. The molecule has 0 atom stereocenters. The van der Waals surface area contributed by atoms with Gasteiger partial charge in [-0.1, -0.05) is 121 Å². The van der Waals surface area contributed by atoms with Crippen molar-refractivity contribution in [2.24, 2.45) is 0 Å². The molecule has 5 heteroatoms. The van der Waals surface area contributed by atoms with Gasteiger partial charge in [0, 0.05) is 50.5 Å². The van der Waals surface area contributed by atoms with Crippen molar-refractivity contribution >= 4 is 23.6 Å². The molecule has 4 rings (SSSR count). The summed E-state index contributed by atoms with van der Waals surface area (Å²) in [5, 5.41) is 0. The number of carbonyl (C=O) groups is 2. The van der Waals surface area contributed by atoms with Gasteiger partial charge < -0.3 is 9.80 Å². The molecule has 0 heterocycles. The molecule has 0 radical (unpaired) electrons. The van der Waals surface area contributed by atoms with Crippen LogP contribution in [0.5, 0.6) is 0 Å². The van der Waals surface area contributed by atoms with E-state index < -0.39 is 0 Å². The first-order valence-corrected chi connectivity index (χ1v) is 14.6. The fourth-order valence-corrected chi connectivity index (χ4v) is 5.26. The highest BCUT2D eigenvalue weighted by Crippen LogP contribution is 2.16. The number of rotatable bonds is 14. The molecule has 0 spiro atoms. The minimum Gasteiger partial charge on any atom is -0.334 e. The van der Waals surface area contributed by atoms with Crippen molar-refractivity contribution in [3.8, 4) is 0 Å². The zero-order chi connectivity index (χ0) is 27.1. The van der Waals surface area contributed by atoms with Crippen molar-refractivity contribution in [2.45, 2.75) is 39.0 Å². The van der Waals surface area contributed by atoms with Crippen molar-refractivity contribution in [3.63, 3.8) is 0 Å². The molecule has 0 aliphatic heterocycles. The lowest BCUT2D eigenvalue weighted by Gasteiger charge is -2.24. The van der Waals surface area contributed by atoms with E-state index in [1.165, 1.54) is 0 Å². The molecule has 0 aliphatic rings. The van der Waals surface area contributed by atoms with Crippen LogP contribution >= 0.6 is 11.8 Å². The van der Waals surface area contributed by atoms with E-state index in [0.717, 1.165) is 22.3 Å². The maximum absolute atomic E-state index is 13.2. The standard InChI is InChI=1S/C34H36N2O2S/c37-33(35(25-29-13-5-1-6-14-29)26-30-15-7-2-8-16-30)21-23-39-24-22-34(38)36(27-31-17-9-3-10-18-31)28-32-19-11-4-12-20-32/h1-20H,21-28H2. The fourth-order valence-electron chi connectivity index (χ4n) is 4.42. The van der Waals surface area contributed by atoms with Gasteiger partial charge in [0.1, 0.15) is 0 Å². The van der Waals surface area contributed by atoms with Gasteiger partial charge in [-0.3, -0.25) is 9.59 Å². The van der Waals surface area contributed by atoms with Crippen LogP contribution in [0.3, 0.4) is 0 Å². The molecule has 0 saturated carbocycles. The summed E-state index contributed by atoms with van der Waals surface area (Å²) in [6.07, 6.45) is 0.909. The molecular formula is C34H36N2O2S. The molecule has 0 fully saturated rings. The van der Waals surface area contributed by atoms with E-state index in [2.05, 4.69) is 48.5 Å². The molecule has 2 amide bonds. The number of nitrogens with zero attached hydrogens (tertiary/aromatic N) is 2. The van der Waals surface area contributed by atoms with E-state index in [4.69, 9.17) is 0 Å². The topological polar surface area (TPSA) is 40.6 Å². The van der Waals surface area contributed by atoms with Gasteiger partial charge in [-0.25, -0.2) is 0 Å². The Kier molecular flexibility index (Phi) is 11.2. The number of carbonyl (C=O) groups excluding carboxylic acids is 2. The molecule has 0 aliphatic carbocycles. The van der Waals surface area contributed by atoms with Gasteiger partial charge in [0.25, 0.3) is 0 Å². The molecule has 0 saturated heterocycles. The van der Waals surface area contributed by atoms with Gasteiger partial charge in [0.15, 0.2) is 0 Å². The van der Waals surface area contributed by atoms with Crippen LogP contribution in [0.4, 0.5) is 0 Å². The van der Waals surface area contributed by atoms with Crippen molar-refractivity contribution in [2.75, 3.05) is 11.5 Å². The predicted molar refractivity (Wildman–Crippen MR) is 161 cm³/mol. The molecule has 4 aromatic carbocycles. The third-order valence-electron chi connectivity index (χ3n) is 6.49. The van der Waals surface area contributed by atoms with Crippen molar-refractivity contribution in [1.82, 2.24) is 9.80 Å². The summed E-state index contributed by atoms with van der Waals surface area (Å²) >= 11 is 1.67. The smallest absolute Gasteiger partial charge is 0.223 e. The van der Waals surface area contributed by atoms with Crippen molar-refractivity contribution < 1.29 is 9.59 Å². The van der Waals surface area contributed by atoms with E-state index in [-0.39, 0.29) is 11.8 Å². The van der Waals surface area contributed by atoms with Gasteiger partial charge >= 0.3 is 0 Å². The third kappa shape index (κ3) is 9.77. The first-order chi connectivity index (χ1) is 19.2. The summed E-state index contributed by atoms with van der Waals surface area (Å²) in [7, 11) is 0. The average Bonchev–Trinajstić information content (AvgIpc) is 2.98. The fraction of sp³-hybridized carbons (Fsp3) is 0.235. The Bertz CT molecular complexity index is 1080. The first kappa shape index (κ1) is 28.2. The summed E-state index contributed by atoms with van der Waals surface area (Å²) in [4.78, 5) is 30.3. The number of amides is 2. The van der Waals surface area contributed by atoms with E-state index in [0.29, 0.717) is 50.5 Å². The lowest BCUT2D eigenvalue weighted by Crippen LogP contribution is -2.31. The van der Waals surface area contributed by atoms with Crippen LogP contribution in [0.15, 0.2) is 121 Å². The zero-order valence-electron chi connectivity index (χ0n) is 22.3. The quantitative estimate of drug-likeness (QED) is 0.164. The molecule has 39 heavy (non-hydrogen) atoms. The second kappa shape index (κ2) is 15.6. The Hall–Kier alpha value is -3.83. The van der Waals surface area contributed by atoms with Crippen molar-refractivity contribution in [3.05, 3.63) is 144 Å². The highest BCUT2D eigenvalue weighted by Gasteiger charge is 2.17. The van der Waals surface area contributed by atoms with Crippen LogP contribution in [-0.4, -0.2) is 33.1 Å². The Morgan fingerprint density at radius 3 is 0.949 bits per heavy atom.